The lowest BCUT2D eigenvalue weighted by molar-refractivity contribution is -0.126. The predicted octanol–water partition coefficient (Wildman–Crippen LogP) is 3.37. The Kier molecular flexibility index (Phi) is 6.01. The largest absolute Gasteiger partial charge is 0.497 e. The number of benzene rings is 2. The van der Waals surface area contributed by atoms with Crippen LogP contribution in [-0.2, 0) is 16.0 Å². The topological polar surface area (TPSA) is 58.6 Å². The molecular formula is C21H23ClN2O3. The van der Waals surface area contributed by atoms with Gasteiger partial charge in [-0.05, 0) is 48.7 Å². The summed E-state index contributed by atoms with van der Waals surface area (Å²) in [6.07, 6.45) is 0.928. The molecule has 5 nitrogen and oxygen atoms in total. The van der Waals surface area contributed by atoms with E-state index in [9.17, 15) is 9.59 Å². The first-order chi connectivity index (χ1) is 13.0. The van der Waals surface area contributed by atoms with E-state index < -0.39 is 0 Å². The summed E-state index contributed by atoms with van der Waals surface area (Å²) in [5.74, 6) is 0.310. The minimum atomic E-state index is -0.345. The number of nitrogens with zero attached hydrogens (tertiary/aromatic N) is 1. The van der Waals surface area contributed by atoms with E-state index in [0.29, 0.717) is 24.5 Å². The van der Waals surface area contributed by atoms with Crippen molar-refractivity contribution in [1.29, 1.82) is 0 Å². The summed E-state index contributed by atoms with van der Waals surface area (Å²) in [5, 5.41) is 3.56. The number of hydrogen-bond acceptors (Lipinski definition) is 3. The van der Waals surface area contributed by atoms with Crippen LogP contribution in [0.4, 0.5) is 5.69 Å². The number of carbonyl (C=O) groups excluding carboxylic acids is 2. The molecule has 1 fully saturated rings. The van der Waals surface area contributed by atoms with Crippen LogP contribution in [0.1, 0.15) is 17.5 Å². The minimum Gasteiger partial charge on any atom is -0.497 e. The number of ether oxygens (including phenoxy) is 1. The number of carbonyl (C=O) groups is 2. The highest BCUT2D eigenvalue weighted by Crippen LogP contribution is 2.28. The molecule has 3 rings (SSSR count). The fourth-order valence-corrected chi connectivity index (χ4v) is 3.36. The Labute approximate surface area is 164 Å². The van der Waals surface area contributed by atoms with E-state index in [4.69, 9.17) is 16.3 Å². The second-order valence-electron chi connectivity index (χ2n) is 6.73. The van der Waals surface area contributed by atoms with E-state index in [0.717, 1.165) is 22.6 Å². The maximum absolute atomic E-state index is 12.5. The Balaban J connectivity index is 1.54. The van der Waals surface area contributed by atoms with Gasteiger partial charge in [0.2, 0.25) is 11.8 Å². The molecule has 1 atom stereocenters. The van der Waals surface area contributed by atoms with Gasteiger partial charge >= 0.3 is 0 Å². The third-order valence-electron chi connectivity index (χ3n) is 4.81. The van der Waals surface area contributed by atoms with Crippen LogP contribution >= 0.6 is 11.6 Å². The van der Waals surface area contributed by atoms with Gasteiger partial charge in [-0.2, -0.15) is 0 Å². The van der Waals surface area contributed by atoms with Crippen LogP contribution in [-0.4, -0.2) is 32.0 Å². The zero-order chi connectivity index (χ0) is 19.4. The molecule has 1 heterocycles. The summed E-state index contributed by atoms with van der Waals surface area (Å²) < 4.78 is 5.21. The van der Waals surface area contributed by atoms with Crippen molar-refractivity contribution in [3.8, 4) is 5.75 Å². The van der Waals surface area contributed by atoms with E-state index in [2.05, 4.69) is 5.32 Å². The normalized spacial score (nSPS) is 16.5. The van der Waals surface area contributed by atoms with Crippen molar-refractivity contribution >= 4 is 29.1 Å². The van der Waals surface area contributed by atoms with Crippen LogP contribution in [0, 0.1) is 12.8 Å². The van der Waals surface area contributed by atoms with Crippen LogP contribution in [0.3, 0.4) is 0 Å². The highest BCUT2D eigenvalue weighted by molar-refractivity contribution is 6.31. The Morgan fingerprint density at radius 3 is 2.85 bits per heavy atom. The van der Waals surface area contributed by atoms with Crippen molar-refractivity contribution in [3.05, 3.63) is 58.6 Å². The van der Waals surface area contributed by atoms with E-state index in [1.807, 2.05) is 43.3 Å². The molecule has 6 heteroatoms. The molecule has 0 bridgehead atoms. The Morgan fingerprint density at radius 1 is 1.30 bits per heavy atom. The third kappa shape index (κ3) is 4.61. The zero-order valence-corrected chi connectivity index (χ0v) is 16.3. The van der Waals surface area contributed by atoms with E-state index in [-0.39, 0.29) is 24.2 Å². The molecule has 2 aromatic rings. The van der Waals surface area contributed by atoms with Crippen molar-refractivity contribution in [3.63, 3.8) is 0 Å². The van der Waals surface area contributed by atoms with Crippen molar-refractivity contribution in [1.82, 2.24) is 5.32 Å². The molecule has 1 aliphatic rings. The fraction of sp³-hybridized carbons (Fsp3) is 0.333. The highest BCUT2D eigenvalue weighted by Gasteiger charge is 2.35. The van der Waals surface area contributed by atoms with Crippen LogP contribution < -0.4 is 15.0 Å². The van der Waals surface area contributed by atoms with Gasteiger partial charge in [-0.15, -0.1) is 0 Å². The van der Waals surface area contributed by atoms with Gasteiger partial charge in [-0.25, -0.2) is 0 Å². The van der Waals surface area contributed by atoms with Gasteiger partial charge in [-0.3, -0.25) is 9.59 Å². The molecule has 0 radical (unpaired) electrons. The summed E-state index contributed by atoms with van der Waals surface area (Å²) in [7, 11) is 1.63. The molecule has 2 amide bonds. The van der Waals surface area contributed by atoms with Gasteiger partial charge in [0.25, 0.3) is 0 Å². The van der Waals surface area contributed by atoms with Gasteiger partial charge in [0.1, 0.15) is 5.75 Å². The molecule has 0 spiro atoms. The minimum absolute atomic E-state index is 0.0529. The monoisotopic (exact) mass is 386 g/mol. The maximum atomic E-state index is 12.5. The molecule has 1 N–H and O–H groups in total. The predicted molar refractivity (Wildman–Crippen MR) is 106 cm³/mol. The molecule has 1 aliphatic heterocycles. The van der Waals surface area contributed by atoms with Gasteiger partial charge in [0.05, 0.1) is 13.0 Å². The number of hydrogen-bond donors (Lipinski definition) is 1. The lowest BCUT2D eigenvalue weighted by atomic mass is 10.1. The van der Waals surface area contributed by atoms with Crippen molar-refractivity contribution in [2.24, 2.45) is 5.92 Å². The molecule has 0 aliphatic carbocycles. The highest BCUT2D eigenvalue weighted by atomic mass is 35.5. The smallest absolute Gasteiger partial charge is 0.227 e. The van der Waals surface area contributed by atoms with E-state index in [1.54, 1.807) is 18.1 Å². The summed E-state index contributed by atoms with van der Waals surface area (Å²) in [4.78, 5) is 26.4. The molecular weight excluding hydrogens is 364 g/mol. The van der Waals surface area contributed by atoms with Gasteiger partial charge in [0.15, 0.2) is 0 Å². The van der Waals surface area contributed by atoms with Crippen LogP contribution in [0.5, 0.6) is 5.75 Å². The first-order valence-electron chi connectivity index (χ1n) is 8.95. The summed E-state index contributed by atoms with van der Waals surface area (Å²) >= 11 is 6.16. The van der Waals surface area contributed by atoms with Crippen molar-refractivity contribution in [2.75, 3.05) is 25.1 Å². The number of aryl methyl sites for hydroxylation is 1. The molecule has 2 aromatic carbocycles. The van der Waals surface area contributed by atoms with Gasteiger partial charge in [-0.1, -0.05) is 29.8 Å². The van der Waals surface area contributed by atoms with Crippen molar-refractivity contribution < 1.29 is 14.3 Å². The SMILES string of the molecule is COc1cccc(CCNC(=O)C2CC(=O)N(c3ccc(C)c(Cl)c3)C2)c1. The second-order valence-corrected chi connectivity index (χ2v) is 7.14. The zero-order valence-electron chi connectivity index (χ0n) is 15.5. The number of halogens is 1. The molecule has 1 unspecified atom stereocenters. The van der Waals surface area contributed by atoms with Crippen LogP contribution in [0.25, 0.3) is 0 Å². The van der Waals surface area contributed by atoms with E-state index >= 15 is 0 Å². The molecule has 0 aromatic heterocycles. The average Bonchev–Trinajstić information content (AvgIpc) is 3.06. The number of anilines is 1. The van der Waals surface area contributed by atoms with Crippen LogP contribution in [0.2, 0.25) is 5.02 Å². The van der Waals surface area contributed by atoms with Gasteiger partial charge < -0.3 is 15.0 Å². The first-order valence-corrected chi connectivity index (χ1v) is 9.33. The molecule has 142 valence electrons. The quantitative estimate of drug-likeness (QED) is 0.828. The molecule has 27 heavy (non-hydrogen) atoms. The Bertz CT molecular complexity index is 853. The van der Waals surface area contributed by atoms with Crippen LogP contribution in [0.15, 0.2) is 42.5 Å². The summed E-state index contributed by atoms with van der Waals surface area (Å²) in [5.41, 5.74) is 2.79. The summed E-state index contributed by atoms with van der Waals surface area (Å²) in [6.45, 7) is 2.81. The number of amides is 2. The van der Waals surface area contributed by atoms with Gasteiger partial charge in [0, 0.05) is 30.2 Å². The number of rotatable bonds is 6. The summed E-state index contributed by atoms with van der Waals surface area (Å²) in [6, 6.07) is 13.3. The Morgan fingerprint density at radius 2 is 2.11 bits per heavy atom. The standard InChI is InChI=1S/C21H23ClN2O3/c1-14-6-7-17(12-19(14)22)24-13-16(11-20(24)25)21(26)23-9-8-15-4-3-5-18(10-15)27-2/h3-7,10,12,16H,8-9,11,13H2,1-2H3,(H,23,26). The molecule has 0 saturated carbocycles. The van der Waals surface area contributed by atoms with E-state index in [1.165, 1.54) is 0 Å². The lowest BCUT2D eigenvalue weighted by Crippen LogP contribution is -2.34. The number of methoxy groups -OCH3 is 1. The first kappa shape index (κ1) is 19.2. The number of nitrogens with one attached hydrogen (secondary N) is 1. The maximum Gasteiger partial charge on any atom is 0.227 e. The van der Waals surface area contributed by atoms with Crippen molar-refractivity contribution in [2.45, 2.75) is 19.8 Å². The second kappa shape index (κ2) is 8.44. The third-order valence-corrected chi connectivity index (χ3v) is 5.22. The lowest BCUT2D eigenvalue weighted by Gasteiger charge is -2.17. The average molecular weight is 387 g/mol. The Hall–Kier alpha value is -2.53. The molecule has 1 saturated heterocycles. The fourth-order valence-electron chi connectivity index (χ4n) is 3.18.